The highest BCUT2D eigenvalue weighted by Crippen LogP contribution is 2.09. The van der Waals surface area contributed by atoms with Gasteiger partial charge in [0, 0.05) is 19.5 Å². The Hall–Kier alpha value is -1.06. The number of nitrogens with zero attached hydrogens (tertiary/aromatic N) is 3. The summed E-state index contributed by atoms with van der Waals surface area (Å²) in [5.74, 6) is 0.987. The third-order valence-corrected chi connectivity index (χ3v) is 3.50. The van der Waals surface area contributed by atoms with Crippen LogP contribution in [0.25, 0.3) is 0 Å². The summed E-state index contributed by atoms with van der Waals surface area (Å²) in [4.78, 5) is 11.9. The fourth-order valence-corrected chi connectivity index (χ4v) is 2.48. The number of hydrogen-bond acceptors (Lipinski definition) is 2. The van der Waals surface area contributed by atoms with Crippen molar-refractivity contribution < 1.29 is 0 Å². The molecule has 0 amide bonds. The van der Waals surface area contributed by atoms with E-state index >= 15 is 0 Å². The molecule has 0 radical (unpaired) electrons. The monoisotopic (exact) mass is 237 g/mol. The number of hydrogen-bond donors (Lipinski definition) is 0. The molecule has 17 heavy (non-hydrogen) atoms. The molecule has 0 fully saturated rings. The summed E-state index contributed by atoms with van der Waals surface area (Å²) in [6.07, 6.45) is 9.58. The predicted octanol–water partition coefficient (Wildman–Crippen LogP) is 2.35. The second-order valence-corrected chi connectivity index (χ2v) is 4.94. The standard InChI is InChI=1S/C13H23N3O/c1-2-3-4-5-6-7-11-16-13(17)15-10-8-9-12(15)14-16/h2-11H2,1H3. The third kappa shape index (κ3) is 2.99. The minimum absolute atomic E-state index is 0.103. The molecular weight excluding hydrogens is 214 g/mol. The van der Waals surface area contributed by atoms with Crippen molar-refractivity contribution in [2.24, 2.45) is 0 Å². The predicted molar refractivity (Wildman–Crippen MR) is 68.2 cm³/mol. The maximum absolute atomic E-state index is 11.9. The zero-order valence-corrected chi connectivity index (χ0v) is 10.8. The van der Waals surface area contributed by atoms with Crippen molar-refractivity contribution in [1.29, 1.82) is 0 Å². The molecule has 0 saturated carbocycles. The Morgan fingerprint density at radius 3 is 2.71 bits per heavy atom. The van der Waals surface area contributed by atoms with Crippen LogP contribution in [0.3, 0.4) is 0 Å². The van der Waals surface area contributed by atoms with Gasteiger partial charge in [-0.25, -0.2) is 9.48 Å². The molecule has 4 nitrogen and oxygen atoms in total. The van der Waals surface area contributed by atoms with Gasteiger partial charge in [0.25, 0.3) is 0 Å². The highest BCUT2D eigenvalue weighted by atomic mass is 16.2. The normalized spacial score (nSPS) is 14.2. The van der Waals surface area contributed by atoms with Crippen molar-refractivity contribution in [2.75, 3.05) is 0 Å². The number of aromatic nitrogens is 3. The summed E-state index contributed by atoms with van der Waals surface area (Å²) >= 11 is 0. The molecule has 0 spiro atoms. The second kappa shape index (κ2) is 6.03. The minimum Gasteiger partial charge on any atom is -0.279 e. The largest absolute Gasteiger partial charge is 0.345 e. The van der Waals surface area contributed by atoms with Crippen LogP contribution in [0.4, 0.5) is 0 Å². The number of unbranched alkanes of at least 4 members (excludes halogenated alkanes) is 5. The van der Waals surface area contributed by atoms with E-state index in [1.807, 2.05) is 4.57 Å². The maximum Gasteiger partial charge on any atom is 0.345 e. The molecular formula is C13H23N3O. The Bertz CT molecular complexity index is 405. The lowest BCUT2D eigenvalue weighted by Crippen LogP contribution is -2.24. The molecule has 96 valence electrons. The van der Waals surface area contributed by atoms with Crippen LogP contribution in [0.2, 0.25) is 0 Å². The van der Waals surface area contributed by atoms with Gasteiger partial charge in [-0.15, -0.1) is 0 Å². The lowest BCUT2D eigenvalue weighted by Gasteiger charge is -2.01. The van der Waals surface area contributed by atoms with Crippen LogP contribution in [-0.2, 0) is 19.5 Å². The molecule has 1 aliphatic heterocycles. The average molecular weight is 237 g/mol. The highest BCUT2D eigenvalue weighted by molar-refractivity contribution is 4.93. The molecule has 0 N–H and O–H groups in total. The minimum atomic E-state index is 0.103. The summed E-state index contributed by atoms with van der Waals surface area (Å²) < 4.78 is 3.49. The molecule has 0 aromatic carbocycles. The molecule has 0 aliphatic carbocycles. The van der Waals surface area contributed by atoms with Crippen molar-refractivity contribution in [3.8, 4) is 0 Å². The van der Waals surface area contributed by atoms with Gasteiger partial charge in [-0.3, -0.25) is 4.57 Å². The number of rotatable bonds is 7. The molecule has 4 heteroatoms. The van der Waals surface area contributed by atoms with E-state index < -0.39 is 0 Å². The fraction of sp³-hybridized carbons (Fsp3) is 0.846. The highest BCUT2D eigenvalue weighted by Gasteiger charge is 2.17. The summed E-state index contributed by atoms with van der Waals surface area (Å²) in [6.45, 7) is 3.89. The summed E-state index contributed by atoms with van der Waals surface area (Å²) in [5.41, 5.74) is 0.103. The molecule has 0 unspecified atom stereocenters. The van der Waals surface area contributed by atoms with Crippen LogP contribution in [0.5, 0.6) is 0 Å². The van der Waals surface area contributed by atoms with Gasteiger partial charge in [0.05, 0.1) is 0 Å². The third-order valence-electron chi connectivity index (χ3n) is 3.50. The Balaban J connectivity index is 1.74. The number of fused-ring (bicyclic) bond motifs is 1. The van der Waals surface area contributed by atoms with E-state index in [1.165, 1.54) is 32.1 Å². The summed E-state index contributed by atoms with van der Waals surface area (Å²) in [6, 6.07) is 0. The van der Waals surface area contributed by atoms with Gasteiger partial charge in [0.15, 0.2) is 0 Å². The SMILES string of the molecule is CCCCCCCCn1nc2n(c1=O)CCC2. The van der Waals surface area contributed by atoms with E-state index in [0.717, 1.165) is 38.2 Å². The van der Waals surface area contributed by atoms with Crippen molar-refractivity contribution >= 4 is 0 Å². The summed E-state index contributed by atoms with van der Waals surface area (Å²) in [7, 11) is 0. The summed E-state index contributed by atoms with van der Waals surface area (Å²) in [5, 5.41) is 4.39. The first-order chi connectivity index (χ1) is 8.33. The van der Waals surface area contributed by atoms with Crippen LogP contribution in [0.15, 0.2) is 4.79 Å². The molecule has 0 atom stereocenters. The average Bonchev–Trinajstić information content (AvgIpc) is 2.88. The Labute approximate surface area is 103 Å². The lowest BCUT2D eigenvalue weighted by molar-refractivity contribution is 0.504. The molecule has 1 aliphatic rings. The smallest absolute Gasteiger partial charge is 0.279 e. The number of aryl methyl sites for hydroxylation is 2. The lowest BCUT2D eigenvalue weighted by atomic mass is 10.1. The quantitative estimate of drug-likeness (QED) is 0.683. The molecule has 1 aromatic heterocycles. The first-order valence-electron chi connectivity index (χ1n) is 6.99. The Morgan fingerprint density at radius 2 is 1.94 bits per heavy atom. The first kappa shape index (κ1) is 12.4. The molecule has 1 aromatic rings. The fourth-order valence-electron chi connectivity index (χ4n) is 2.48. The van der Waals surface area contributed by atoms with E-state index in [1.54, 1.807) is 4.68 Å². The van der Waals surface area contributed by atoms with Crippen molar-refractivity contribution in [2.45, 2.75) is 71.4 Å². The molecule has 0 saturated heterocycles. The first-order valence-corrected chi connectivity index (χ1v) is 6.99. The van der Waals surface area contributed by atoms with Gasteiger partial charge in [-0.05, 0) is 12.8 Å². The molecule has 2 rings (SSSR count). The van der Waals surface area contributed by atoms with Crippen LogP contribution in [0.1, 0.15) is 57.7 Å². The van der Waals surface area contributed by atoms with Gasteiger partial charge >= 0.3 is 5.69 Å². The van der Waals surface area contributed by atoms with E-state index in [-0.39, 0.29) is 5.69 Å². The second-order valence-electron chi connectivity index (χ2n) is 4.94. The van der Waals surface area contributed by atoms with Gasteiger partial charge < -0.3 is 0 Å². The van der Waals surface area contributed by atoms with Gasteiger partial charge in [-0.2, -0.15) is 5.10 Å². The zero-order valence-electron chi connectivity index (χ0n) is 10.8. The van der Waals surface area contributed by atoms with Crippen molar-refractivity contribution in [3.63, 3.8) is 0 Å². The van der Waals surface area contributed by atoms with Crippen LogP contribution in [0, 0.1) is 0 Å². The Morgan fingerprint density at radius 1 is 1.18 bits per heavy atom. The van der Waals surface area contributed by atoms with E-state index in [9.17, 15) is 4.79 Å². The zero-order chi connectivity index (χ0) is 12.1. The van der Waals surface area contributed by atoms with E-state index in [4.69, 9.17) is 0 Å². The van der Waals surface area contributed by atoms with Gasteiger partial charge in [-0.1, -0.05) is 39.0 Å². The van der Waals surface area contributed by atoms with Crippen LogP contribution < -0.4 is 5.69 Å². The Kier molecular flexibility index (Phi) is 4.40. The topological polar surface area (TPSA) is 39.8 Å². The molecule has 2 heterocycles. The maximum atomic E-state index is 11.9. The van der Waals surface area contributed by atoms with Crippen molar-refractivity contribution in [3.05, 3.63) is 16.3 Å². The van der Waals surface area contributed by atoms with Crippen LogP contribution >= 0.6 is 0 Å². The van der Waals surface area contributed by atoms with Gasteiger partial charge in [0.1, 0.15) is 5.82 Å². The van der Waals surface area contributed by atoms with Gasteiger partial charge in [0.2, 0.25) is 0 Å². The van der Waals surface area contributed by atoms with E-state index in [0.29, 0.717) is 0 Å². The van der Waals surface area contributed by atoms with E-state index in [2.05, 4.69) is 12.0 Å². The van der Waals surface area contributed by atoms with Crippen molar-refractivity contribution in [1.82, 2.24) is 14.3 Å². The van der Waals surface area contributed by atoms with Crippen LogP contribution in [-0.4, -0.2) is 14.3 Å². The molecule has 0 bridgehead atoms.